The monoisotopic (exact) mass is 272 g/mol. The van der Waals surface area contributed by atoms with Crippen LogP contribution in [0.4, 0.5) is 4.39 Å². The SMILES string of the molecule is CCCNC(c1cc(C)cc(F)c1)c1cccc(C)n1. The number of hydrogen-bond donors (Lipinski definition) is 1. The van der Waals surface area contributed by atoms with Crippen LogP contribution in [0, 0.1) is 19.7 Å². The molecule has 3 heteroatoms. The van der Waals surface area contributed by atoms with Crippen LogP contribution >= 0.6 is 0 Å². The Morgan fingerprint density at radius 1 is 1.20 bits per heavy atom. The molecule has 0 saturated heterocycles. The van der Waals surface area contributed by atoms with Gasteiger partial charge in [-0.25, -0.2) is 4.39 Å². The molecule has 1 heterocycles. The summed E-state index contributed by atoms with van der Waals surface area (Å²) in [5, 5.41) is 3.45. The number of nitrogens with zero attached hydrogens (tertiary/aromatic N) is 1. The van der Waals surface area contributed by atoms with E-state index in [1.807, 2.05) is 38.1 Å². The van der Waals surface area contributed by atoms with Gasteiger partial charge in [0.25, 0.3) is 0 Å². The van der Waals surface area contributed by atoms with Crippen LogP contribution in [0.25, 0.3) is 0 Å². The van der Waals surface area contributed by atoms with Gasteiger partial charge in [0, 0.05) is 5.69 Å². The van der Waals surface area contributed by atoms with E-state index in [9.17, 15) is 4.39 Å². The number of halogens is 1. The van der Waals surface area contributed by atoms with Gasteiger partial charge >= 0.3 is 0 Å². The summed E-state index contributed by atoms with van der Waals surface area (Å²) < 4.78 is 13.7. The van der Waals surface area contributed by atoms with Crippen molar-refractivity contribution in [3.05, 3.63) is 64.7 Å². The predicted molar refractivity (Wildman–Crippen MR) is 80.2 cm³/mol. The van der Waals surface area contributed by atoms with Crippen LogP contribution < -0.4 is 5.32 Å². The molecule has 0 aliphatic rings. The Bertz CT molecular complexity index is 561. The summed E-state index contributed by atoms with van der Waals surface area (Å²) in [4.78, 5) is 4.58. The van der Waals surface area contributed by atoms with Gasteiger partial charge in [0.15, 0.2) is 0 Å². The third kappa shape index (κ3) is 3.64. The van der Waals surface area contributed by atoms with E-state index >= 15 is 0 Å². The Morgan fingerprint density at radius 3 is 2.65 bits per heavy atom. The van der Waals surface area contributed by atoms with E-state index in [0.717, 1.165) is 35.5 Å². The lowest BCUT2D eigenvalue weighted by Crippen LogP contribution is -2.24. The van der Waals surface area contributed by atoms with Crippen LogP contribution in [-0.2, 0) is 0 Å². The van der Waals surface area contributed by atoms with Gasteiger partial charge in [-0.05, 0) is 62.2 Å². The predicted octanol–water partition coefficient (Wildman–Crippen LogP) is 3.93. The number of pyridine rings is 1. The molecule has 2 rings (SSSR count). The summed E-state index contributed by atoms with van der Waals surface area (Å²) in [5.41, 5.74) is 3.76. The Morgan fingerprint density at radius 2 is 2.00 bits per heavy atom. The van der Waals surface area contributed by atoms with Crippen molar-refractivity contribution >= 4 is 0 Å². The molecule has 2 nitrogen and oxygen atoms in total. The molecule has 1 unspecified atom stereocenters. The zero-order valence-corrected chi connectivity index (χ0v) is 12.3. The minimum Gasteiger partial charge on any atom is -0.305 e. The van der Waals surface area contributed by atoms with Gasteiger partial charge < -0.3 is 5.32 Å². The number of rotatable bonds is 5. The standard InChI is InChI=1S/C17H21FN2/c1-4-8-19-17(16-7-5-6-13(3)20-16)14-9-12(2)10-15(18)11-14/h5-7,9-11,17,19H,4,8H2,1-3H3. The largest absolute Gasteiger partial charge is 0.305 e. The highest BCUT2D eigenvalue weighted by molar-refractivity contribution is 5.32. The summed E-state index contributed by atoms with van der Waals surface area (Å²) in [7, 11) is 0. The molecule has 0 aliphatic heterocycles. The molecule has 1 atom stereocenters. The second-order valence-electron chi connectivity index (χ2n) is 5.15. The molecular formula is C17H21FN2. The lowest BCUT2D eigenvalue weighted by Gasteiger charge is -2.19. The first-order chi connectivity index (χ1) is 9.60. The van der Waals surface area contributed by atoms with E-state index in [0.29, 0.717) is 0 Å². The Labute approximate surface area is 120 Å². The van der Waals surface area contributed by atoms with Gasteiger partial charge in [-0.3, -0.25) is 4.98 Å². The summed E-state index contributed by atoms with van der Waals surface area (Å²) in [5.74, 6) is -0.198. The maximum Gasteiger partial charge on any atom is 0.123 e. The van der Waals surface area contributed by atoms with E-state index in [-0.39, 0.29) is 11.9 Å². The second kappa shape index (κ2) is 6.62. The average Bonchev–Trinajstić information content (AvgIpc) is 2.38. The fourth-order valence-electron chi connectivity index (χ4n) is 2.34. The molecule has 0 spiro atoms. The summed E-state index contributed by atoms with van der Waals surface area (Å²) in [6.07, 6.45) is 1.02. The first-order valence-corrected chi connectivity index (χ1v) is 7.04. The third-order valence-electron chi connectivity index (χ3n) is 3.20. The molecule has 0 amide bonds. The molecule has 2 aromatic rings. The Kier molecular flexibility index (Phi) is 4.85. The lowest BCUT2D eigenvalue weighted by molar-refractivity contribution is 0.574. The average molecular weight is 272 g/mol. The second-order valence-corrected chi connectivity index (χ2v) is 5.15. The molecular weight excluding hydrogens is 251 g/mol. The minimum atomic E-state index is -0.198. The highest BCUT2D eigenvalue weighted by Crippen LogP contribution is 2.23. The minimum absolute atomic E-state index is 0.0655. The number of benzene rings is 1. The highest BCUT2D eigenvalue weighted by atomic mass is 19.1. The van der Waals surface area contributed by atoms with Crippen molar-refractivity contribution in [1.29, 1.82) is 0 Å². The van der Waals surface area contributed by atoms with E-state index < -0.39 is 0 Å². The van der Waals surface area contributed by atoms with Crippen LogP contribution in [0.5, 0.6) is 0 Å². The first-order valence-electron chi connectivity index (χ1n) is 7.04. The summed E-state index contributed by atoms with van der Waals surface area (Å²) in [6, 6.07) is 11.0. The summed E-state index contributed by atoms with van der Waals surface area (Å²) in [6.45, 7) is 6.87. The van der Waals surface area contributed by atoms with Crippen LogP contribution in [0.2, 0.25) is 0 Å². The number of aromatic nitrogens is 1. The van der Waals surface area contributed by atoms with Gasteiger partial charge in [-0.2, -0.15) is 0 Å². The molecule has 0 fully saturated rings. The quantitative estimate of drug-likeness (QED) is 0.892. The topological polar surface area (TPSA) is 24.9 Å². The normalized spacial score (nSPS) is 12.4. The van der Waals surface area contributed by atoms with Gasteiger partial charge in [-0.15, -0.1) is 0 Å². The van der Waals surface area contributed by atoms with Crippen molar-refractivity contribution in [3.8, 4) is 0 Å². The van der Waals surface area contributed by atoms with Crippen molar-refractivity contribution in [2.24, 2.45) is 0 Å². The number of hydrogen-bond acceptors (Lipinski definition) is 2. The first kappa shape index (κ1) is 14.7. The maximum absolute atomic E-state index is 13.7. The van der Waals surface area contributed by atoms with Gasteiger partial charge in [0.05, 0.1) is 11.7 Å². The Balaban J connectivity index is 2.41. The number of aryl methyl sites for hydroxylation is 2. The van der Waals surface area contributed by atoms with E-state index in [1.54, 1.807) is 12.1 Å². The Hall–Kier alpha value is -1.74. The van der Waals surface area contributed by atoms with Gasteiger partial charge in [-0.1, -0.05) is 19.1 Å². The van der Waals surface area contributed by atoms with Crippen LogP contribution in [-0.4, -0.2) is 11.5 Å². The fourth-order valence-corrected chi connectivity index (χ4v) is 2.34. The molecule has 20 heavy (non-hydrogen) atoms. The molecule has 0 bridgehead atoms. The summed E-state index contributed by atoms with van der Waals surface area (Å²) >= 11 is 0. The van der Waals surface area contributed by atoms with Crippen LogP contribution in [0.1, 0.15) is 41.9 Å². The van der Waals surface area contributed by atoms with Crippen molar-refractivity contribution in [2.45, 2.75) is 33.2 Å². The smallest absolute Gasteiger partial charge is 0.123 e. The highest BCUT2D eigenvalue weighted by Gasteiger charge is 2.16. The molecule has 1 N–H and O–H groups in total. The molecule has 1 aromatic carbocycles. The fraction of sp³-hybridized carbons (Fsp3) is 0.353. The van der Waals surface area contributed by atoms with Crippen molar-refractivity contribution < 1.29 is 4.39 Å². The van der Waals surface area contributed by atoms with E-state index in [2.05, 4.69) is 17.2 Å². The van der Waals surface area contributed by atoms with Crippen molar-refractivity contribution in [2.75, 3.05) is 6.54 Å². The lowest BCUT2D eigenvalue weighted by atomic mass is 10.0. The van der Waals surface area contributed by atoms with Gasteiger partial charge in [0.1, 0.15) is 5.82 Å². The molecule has 0 aliphatic carbocycles. The van der Waals surface area contributed by atoms with Gasteiger partial charge in [0.2, 0.25) is 0 Å². The zero-order chi connectivity index (χ0) is 14.5. The maximum atomic E-state index is 13.7. The van der Waals surface area contributed by atoms with Crippen LogP contribution in [0.15, 0.2) is 36.4 Å². The van der Waals surface area contributed by atoms with Crippen LogP contribution in [0.3, 0.4) is 0 Å². The third-order valence-corrected chi connectivity index (χ3v) is 3.20. The molecule has 0 saturated carbocycles. The molecule has 106 valence electrons. The molecule has 0 radical (unpaired) electrons. The number of nitrogens with one attached hydrogen (secondary N) is 1. The van der Waals surface area contributed by atoms with Crippen molar-refractivity contribution in [3.63, 3.8) is 0 Å². The van der Waals surface area contributed by atoms with E-state index in [1.165, 1.54) is 0 Å². The van der Waals surface area contributed by atoms with Crippen molar-refractivity contribution in [1.82, 2.24) is 10.3 Å². The zero-order valence-electron chi connectivity index (χ0n) is 12.3. The van der Waals surface area contributed by atoms with E-state index in [4.69, 9.17) is 0 Å². The molecule has 1 aromatic heterocycles.